The van der Waals surface area contributed by atoms with Crippen LogP contribution in [-0.4, -0.2) is 17.0 Å². The number of carbonyl (C=O) groups excluding carboxylic acids is 1. The number of amides is 1. The van der Waals surface area contributed by atoms with Gasteiger partial charge in [-0.3, -0.25) is 9.59 Å². The maximum Gasteiger partial charge on any atom is 0.325 e. The second-order valence-electron chi connectivity index (χ2n) is 3.12. The van der Waals surface area contributed by atoms with Crippen LogP contribution in [0.3, 0.4) is 0 Å². The molecule has 0 fully saturated rings. The Morgan fingerprint density at radius 1 is 1.33 bits per heavy atom. The van der Waals surface area contributed by atoms with Gasteiger partial charge in [-0.05, 0) is 17.7 Å². The van der Waals surface area contributed by atoms with Crippen molar-refractivity contribution >= 4 is 17.6 Å². The van der Waals surface area contributed by atoms with Crippen molar-refractivity contribution in [2.75, 3.05) is 5.32 Å². The van der Waals surface area contributed by atoms with Crippen LogP contribution in [0.1, 0.15) is 18.5 Å². The highest BCUT2D eigenvalue weighted by molar-refractivity contribution is 5.88. The fraction of sp³-hybridized carbons (Fsp3) is 0.200. The van der Waals surface area contributed by atoms with Crippen molar-refractivity contribution in [1.82, 2.24) is 0 Å². The van der Waals surface area contributed by atoms with E-state index in [1.54, 1.807) is 24.3 Å². The molecule has 5 nitrogen and oxygen atoms in total. The first kappa shape index (κ1) is 11.2. The van der Waals surface area contributed by atoms with Crippen LogP contribution in [0, 0.1) is 0 Å². The normalized spacial score (nSPS) is 11.9. The molecule has 0 spiro atoms. The van der Waals surface area contributed by atoms with Crippen LogP contribution in [0.15, 0.2) is 24.3 Å². The Bertz CT molecular complexity index is 373. The minimum Gasteiger partial charge on any atom is -0.480 e. The van der Waals surface area contributed by atoms with Gasteiger partial charge in [0, 0.05) is 12.6 Å². The summed E-state index contributed by atoms with van der Waals surface area (Å²) in [5.41, 5.74) is 6.51. The second kappa shape index (κ2) is 4.56. The Balaban J connectivity index is 2.80. The van der Waals surface area contributed by atoms with Gasteiger partial charge < -0.3 is 16.2 Å². The Kier molecular flexibility index (Phi) is 3.41. The van der Waals surface area contributed by atoms with E-state index in [4.69, 9.17) is 10.8 Å². The maximum absolute atomic E-state index is 10.7. The van der Waals surface area contributed by atoms with Crippen LogP contribution in [0.4, 0.5) is 5.69 Å². The molecule has 0 unspecified atom stereocenters. The van der Waals surface area contributed by atoms with Crippen molar-refractivity contribution in [1.29, 1.82) is 0 Å². The molecule has 1 rings (SSSR count). The van der Waals surface area contributed by atoms with Crippen LogP contribution >= 0.6 is 0 Å². The van der Waals surface area contributed by atoms with E-state index in [9.17, 15) is 9.59 Å². The lowest BCUT2D eigenvalue weighted by molar-refractivity contribution is -0.138. The summed E-state index contributed by atoms with van der Waals surface area (Å²) < 4.78 is 0. The lowest BCUT2D eigenvalue weighted by Gasteiger charge is -2.07. The third kappa shape index (κ3) is 3.07. The third-order valence-corrected chi connectivity index (χ3v) is 1.86. The topological polar surface area (TPSA) is 92.4 Å². The molecule has 1 aromatic rings. The molecule has 0 aromatic heterocycles. The van der Waals surface area contributed by atoms with E-state index in [0.717, 1.165) is 0 Å². The minimum absolute atomic E-state index is 0.176. The fourth-order valence-electron chi connectivity index (χ4n) is 1.12. The van der Waals surface area contributed by atoms with E-state index in [1.165, 1.54) is 6.92 Å². The molecule has 0 heterocycles. The SMILES string of the molecule is CC(=O)Nc1ccc([C@@H](N)C(=O)O)cc1. The van der Waals surface area contributed by atoms with Gasteiger partial charge in [-0.25, -0.2) is 0 Å². The molecule has 15 heavy (non-hydrogen) atoms. The Hall–Kier alpha value is -1.88. The zero-order valence-corrected chi connectivity index (χ0v) is 8.23. The molecule has 1 aromatic carbocycles. The first-order valence-electron chi connectivity index (χ1n) is 4.36. The molecule has 0 bridgehead atoms. The van der Waals surface area contributed by atoms with Crippen molar-refractivity contribution in [3.63, 3.8) is 0 Å². The van der Waals surface area contributed by atoms with Gasteiger partial charge >= 0.3 is 5.97 Å². The number of hydrogen-bond acceptors (Lipinski definition) is 3. The van der Waals surface area contributed by atoms with Gasteiger partial charge in [0.1, 0.15) is 6.04 Å². The fourth-order valence-corrected chi connectivity index (χ4v) is 1.12. The van der Waals surface area contributed by atoms with E-state index in [2.05, 4.69) is 5.32 Å². The van der Waals surface area contributed by atoms with Crippen LogP contribution in [0.5, 0.6) is 0 Å². The van der Waals surface area contributed by atoms with Crippen molar-refractivity contribution < 1.29 is 14.7 Å². The van der Waals surface area contributed by atoms with E-state index < -0.39 is 12.0 Å². The molecule has 5 heteroatoms. The Labute approximate surface area is 86.9 Å². The molecule has 1 amide bonds. The number of anilines is 1. The van der Waals surface area contributed by atoms with Crippen LogP contribution in [-0.2, 0) is 9.59 Å². The summed E-state index contributed by atoms with van der Waals surface area (Å²) in [4.78, 5) is 21.3. The number of benzene rings is 1. The lowest BCUT2D eigenvalue weighted by atomic mass is 10.1. The van der Waals surface area contributed by atoms with Crippen LogP contribution in [0.2, 0.25) is 0 Å². The highest BCUT2D eigenvalue weighted by Gasteiger charge is 2.13. The number of carbonyl (C=O) groups is 2. The molecule has 0 saturated heterocycles. The van der Waals surface area contributed by atoms with Crippen LogP contribution in [0.25, 0.3) is 0 Å². The summed E-state index contributed by atoms with van der Waals surface area (Å²) in [6.45, 7) is 1.40. The summed E-state index contributed by atoms with van der Waals surface area (Å²) in [6.07, 6.45) is 0. The highest BCUT2D eigenvalue weighted by Crippen LogP contribution is 2.14. The smallest absolute Gasteiger partial charge is 0.325 e. The number of hydrogen-bond donors (Lipinski definition) is 3. The molecule has 0 aliphatic heterocycles. The summed E-state index contributed by atoms with van der Waals surface area (Å²) in [6, 6.07) is 5.34. The van der Waals surface area contributed by atoms with Gasteiger partial charge in [0.05, 0.1) is 0 Å². The standard InChI is InChI=1S/C10H12N2O3/c1-6(13)12-8-4-2-7(3-5-8)9(11)10(14)15/h2-5,9H,11H2,1H3,(H,12,13)(H,14,15)/t9-/m1/s1. The summed E-state index contributed by atoms with van der Waals surface area (Å²) in [5, 5.41) is 11.2. The molecule has 4 N–H and O–H groups in total. The van der Waals surface area contributed by atoms with Gasteiger partial charge in [0.15, 0.2) is 0 Å². The van der Waals surface area contributed by atoms with Crippen molar-refractivity contribution in [2.45, 2.75) is 13.0 Å². The van der Waals surface area contributed by atoms with Crippen molar-refractivity contribution in [3.05, 3.63) is 29.8 Å². The van der Waals surface area contributed by atoms with E-state index in [0.29, 0.717) is 11.3 Å². The van der Waals surface area contributed by atoms with Gasteiger partial charge in [0.2, 0.25) is 5.91 Å². The molecule has 0 aliphatic carbocycles. The van der Waals surface area contributed by atoms with Crippen LogP contribution < -0.4 is 11.1 Å². The number of carboxylic acid groups (broad SMARTS) is 1. The van der Waals surface area contributed by atoms with Gasteiger partial charge in [-0.1, -0.05) is 12.1 Å². The third-order valence-electron chi connectivity index (χ3n) is 1.86. The number of carboxylic acids is 1. The molecule has 0 aliphatic rings. The number of aliphatic carboxylic acids is 1. The van der Waals surface area contributed by atoms with Gasteiger partial charge in [0.25, 0.3) is 0 Å². The lowest BCUT2D eigenvalue weighted by Crippen LogP contribution is -2.20. The molecule has 80 valence electrons. The number of nitrogens with one attached hydrogen (secondary N) is 1. The van der Waals surface area contributed by atoms with E-state index in [1.807, 2.05) is 0 Å². The Morgan fingerprint density at radius 2 is 1.87 bits per heavy atom. The first-order chi connectivity index (χ1) is 7.00. The number of rotatable bonds is 3. The first-order valence-corrected chi connectivity index (χ1v) is 4.36. The second-order valence-corrected chi connectivity index (χ2v) is 3.12. The molecular weight excluding hydrogens is 196 g/mol. The zero-order chi connectivity index (χ0) is 11.4. The number of nitrogens with two attached hydrogens (primary N) is 1. The largest absolute Gasteiger partial charge is 0.480 e. The summed E-state index contributed by atoms with van der Waals surface area (Å²) in [7, 11) is 0. The minimum atomic E-state index is -1.08. The predicted molar refractivity (Wildman–Crippen MR) is 55.3 cm³/mol. The average molecular weight is 208 g/mol. The zero-order valence-electron chi connectivity index (χ0n) is 8.23. The molecule has 1 atom stereocenters. The van der Waals surface area contributed by atoms with E-state index in [-0.39, 0.29) is 5.91 Å². The Morgan fingerprint density at radius 3 is 2.27 bits per heavy atom. The monoisotopic (exact) mass is 208 g/mol. The highest BCUT2D eigenvalue weighted by atomic mass is 16.4. The summed E-state index contributed by atoms with van der Waals surface area (Å²) in [5.74, 6) is -1.26. The molecular formula is C10H12N2O3. The van der Waals surface area contributed by atoms with Gasteiger partial charge in [-0.2, -0.15) is 0 Å². The predicted octanol–water partition coefficient (Wildman–Crippen LogP) is 0.729. The van der Waals surface area contributed by atoms with E-state index >= 15 is 0 Å². The van der Waals surface area contributed by atoms with Crippen molar-refractivity contribution in [2.24, 2.45) is 5.73 Å². The molecule has 0 saturated carbocycles. The molecule has 0 radical (unpaired) electrons. The summed E-state index contributed by atoms with van der Waals surface area (Å²) >= 11 is 0. The van der Waals surface area contributed by atoms with Gasteiger partial charge in [-0.15, -0.1) is 0 Å². The quantitative estimate of drug-likeness (QED) is 0.682. The maximum atomic E-state index is 10.7. The van der Waals surface area contributed by atoms with Crippen molar-refractivity contribution in [3.8, 4) is 0 Å². The average Bonchev–Trinajstić information content (AvgIpc) is 2.17.